The molecule has 8 heteroatoms. The number of benzene rings is 1. The molecule has 2 N–H and O–H groups in total. The second-order valence-corrected chi connectivity index (χ2v) is 4.75. The Labute approximate surface area is 126 Å². The van der Waals surface area contributed by atoms with E-state index in [2.05, 4.69) is 0 Å². The Morgan fingerprint density at radius 2 is 1.86 bits per heavy atom. The first kappa shape index (κ1) is 15.9. The quantitative estimate of drug-likeness (QED) is 0.732. The van der Waals surface area contributed by atoms with Crippen LogP contribution in [-0.2, 0) is 0 Å². The van der Waals surface area contributed by atoms with E-state index in [9.17, 15) is 14.9 Å². The second-order valence-electron chi connectivity index (χ2n) is 4.75. The van der Waals surface area contributed by atoms with Crippen LogP contribution in [0.3, 0.4) is 0 Å². The summed E-state index contributed by atoms with van der Waals surface area (Å²) in [5.41, 5.74) is -0.0861. The topological polar surface area (TPSA) is 112 Å². The molecule has 2 rings (SSSR count). The van der Waals surface area contributed by atoms with Crippen LogP contribution in [0.4, 0.5) is 0 Å². The van der Waals surface area contributed by atoms with E-state index in [-0.39, 0.29) is 48.7 Å². The molecule has 0 aliphatic rings. The van der Waals surface area contributed by atoms with Gasteiger partial charge in [0.15, 0.2) is 0 Å². The third kappa shape index (κ3) is 2.66. The van der Waals surface area contributed by atoms with Gasteiger partial charge in [-0.25, -0.2) is 0 Å². The average molecular weight is 307 g/mol. The van der Waals surface area contributed by atoms with Crippen LogP contribution in [0.5, 0.6) is 0 Å². The van der Waals surface area contributed by atoms with Gasteiger partial charge in [0.2, 0.25) is 0 Å². The molecule has 1 aromatic heterocycles. The first-order chi connectivity index (χ1) is 10.5. The van der Waals surface area contributed by atoms with E-state index in [1.54, 1.807) is 12.1 Å². The largest absolute Gasteiger partial charge is 0.805 e. The predicted molar refractivity (Wildman–Crippen MR) is 78.9 cm³/mol. The minimum Gasteiger partial charge on any atom is -0.805 e. The first-order valence-electron chi connectivity index (χ1n) is 6.78. The lowest BCUT2D eigenvalue weighted by molar-refractivity contribution is -0.469. The summed E-state index contributed by atoms with van der Waals surface area (Å²) < 4.78 is 0.955. The highest BCUT2D eigenvalue weighted by Crippen LogP contribution is 2.14. The van der Waals surface area contributed by atoms with Gasteiger partial charge < -0.3 is 25.1 Å². The van der Waals surface area contributed by atoms with Crippen molar-refractivity contribution < 1.29 is 19.4 Å². The maximum Gasteiger partial charge on any atom is 0.346 e. The van der Waals surface area contributed by atoms with Crippen LogP contribution in [0.2, 0.25) is 0 Å². The molecular weight excluding hydrogens is 290 g/mol. The zero-order valence-electron chi connectivity index (χ0n) is 12.1. The number of hydrogen-bond donors (Lipinski definition) is 2. The second kappa shape index (κ2) is 6.54. The van der Waals surface area contributed by atoms with Gasteiger partial charge in [-0.15, -0.1) is 0 Å². The number of nitrogens with zero attached hydrogens (tertiary/aromatic N) is 3. The third-order valence-electron chi connectivity index (χ3n) is 3.40. The van der Waals surface area contributed by atoms with E-state index in [1.807, 2.05) is 0 Å². The molecule has 0 saturated heterocycles. The summed E-state index contributed by atoms with van der Waals surface area (Å²) in [4.78, 5) is 26.1. The zero-order valence-corrected chi connectivity index (χ0v) is 12.1. The van der Waals surface area contributed by atoms with Gasteiger partial charge in [-0.3, -0.25) is 4.79 Å². The number of carbonyl (C=O) groups excluding carboxylic acids is 1. The molecule has 0 unspecified atom stereocenters. The highest BCUT2D eigenvalue weighted by atomic mass is 16.5. The fraction of sp³-hybridized carbons (Fsp3) is 0.357. The van der Waals surface area contributed by atoms with Crippen molar-refractivity contribution in [3.63, 3.8) is 0 Å². The van der Waals surface area contributed by atoms with Crippen LogP contribution in [0.1, 0.15) is 16.2 Å². The summed E-state index contributed by atoms with van der Waals surface area (Å²) >= 11 is 0. The molecule has 0 bridgehead atoms. The molecule has 22 heavy (non-hydrogen) atoms. The van der Waals surface area contributed by atoms with Gasteiger partial charge in [-0.05, 0) is 13.0 Å². The molecule has 1 heterocycles. The number of aliphatic hydroxyl groups is 2. The number of carbonyl (C=O) groups is 1. The van der Waals surface area contributed by atoms with Crippen molar-refractivity contribution in [2.24, 2.45) is 0 Å². The van der Waals surface area contributed by atoms with E-state index >= 15 is 0 Å². The van der Waals surface area contributed by atoms with Crippen LogP contribution >= 0.6 is 0 Å². The molecule has 8 nitrogen and oxygen atoms in total. The van der Waals surface area contributed by atoms with Crippen LogP contribution in [0, 0.1) is 17.0 Å². The van der Waals surface area contributed by atoms with Gasteiger partial charge in [-0.1, -0.05) is 12.1 Å². The van der Waals surface area contributed by atoms with Gasteiger partial charge in [-0.2, -0.15) is 0 Å². The maximum absolute atomic E-state index is 12.5. The smallest absolute Gasteiger partial charge is 0.346 e. The number of hydrogen-bond acceptors (Lipinski definition) is 5. The van der Waals surface area contributed by atoms with Crippen LogP contribution < -0.4 is 4.43 Å². The minimum absolute atomic E-state index is 0.0282. The molecule has 2 aromatic rings. The van der Waals surface area contributed by atoms with E-state index in [0.29, 0.717) is 9.16 Å². The summed E-state index contributed by atoms with van der Waals surface area (Å²) in [6.45, 7) is 0.690. The number of rotatable bonds is 5. The molecule has 0 aliphatic heterocycles. The Morgan fingerprint density at radius 1 is 1.27 bits per heavy atom. The Kier molecular flexibility index (Phi) is 4.74. The highest BCUT2D eigenvalue weighted by molar-refractivity contribution is 5.93. The summed E-state index contributed by atoms with van der Waals surface area (Å²) in [7, 11) is 0. The van der Waals surface area contributed by atoms with Crippen molar-refractivity contribution >= 4 is 16.9 Å². The molecule has 1 amide bonds. The van der Waals surface area contributed by atoms with Crippen LogP contribution in [-0.4, -0.2) is 52.1 Å². The van der Waals surface area contributed by atoms with Gasteiger partial charge in [0, 0.05) is 24.1 Å². The summed E-state index contributed by atoms with van der Waals surface area (Å²) in [5, 5.41) is 30.2. The Bertz CT molecular complexity index is 750. The molecule has 0 spiro atoms. The molecular formula is C14H17N3O5. The van der Waals surface area contributed by atoms with Gasteiger partial charge in [0.05, 0.1) is 23.3 Å². The van der Waals surface area contributed by atoms with Gasteiger partial charge in [0.1, 0.15) is 5.52 Å². The van der Waals surface area contributed by atoms with E-state index in [4.69, 9.17) is 10.2 Å². The fourth-order valence-electron chi connectivity index (χ4n) is 2.30. The summed E-state index contributed by atoms with van der Waals surface area (Å²) in [5.74, 6) is -0.703. The maximum atomic E-state index is 12.5. The van der Waals surface area contributed by atoms with Gasteiger partial charge in [0.25, 0.3) is 5.52 Å². The summed E-state index contributed by atoms with van der Waals surface area (Å²) in [6, 6.07) is 6.17. The highest BCUT2D eigenvalue weighted by Gasteiger charge is 2.30. The monoisotopic (exact) mass is 307 g/mol. The Balaban J connectivity index is 2.64. The normalized spacial score (nSPS) is 10.9. The number of aliphatic hydroxyl groups excluding tert-OH is 2. The van der Waals surface area contributed by atoms with Crippen molar-refractivity contribution in [1.82, 2.24) is 9.63 Å². The number of fused-ring (bicyclic) bond motifs is 1. The molecule has 0 radical (unpaired) electrons. The summed E-state index contributed by atoms with van der Waals surface area (Å²) in [6.07, 6.45) is 0. The predicted octanol–water partition coefficient (Wildman–Crippen LogP) is -0.363. The first-order valence-corrected chi connectivity index (χ1v) is 6.78. The number of aromatic nitrogens is 2. The van der Waals surface area contributed by atoms with Crippen LogP contribution in [0.25, 0.3) is 11.0 Å². The Morgan fingerprint density at radius 3 is 2.45 bits per heavy atom. The number of amides is 1. The van der Waals surface area contributed by atoms with Crippen molar-refractivity contribution in [3.05, 3.63) is 45.8 Å². The lowest BCUT2D eigenvalue weighted by Crippen LogP contribution is -2.42. The molecule has 0 fully saturated rings. The fourth-order valence-corrected chi connectivity index (χ4v) is 2.30. The molecule has 0 aliphatic carbocycles. The van der Waals surface area contributed by atoms with Crippen molar-refractivity contribution in [2.75, 3.05) is 26.3 Å². The lowest BCUT2D eigenvalue weighted by atomic mass is 10.2. The standard InChI is InChI=1S/C14H17N3O5/c1-10-13(14(20)15(6-8-18)7-9-19)17(22)12-5-3-2-4-11(12)16(10)21/h2-5,18-19H,6-9H2,1H3. The molecule has 0 saturated carbocycles. The van der Waals surface area contributed by atoms with Crippen molar-refractivity contribution in [1.29, 1.82) is 0 Å². The zero-order chi connectivity index (χ0) is 16.3. The minimum atomic E-state index is -0.703. The van der Waals surface area contributed by atoms with E-state index in [0.717, 1.165) is 4.90 Å². The molecule has 0 atom stereocenters. The Hall–Kier alpha value is -2.45. The van der Waals surface area contributed by atoms with Crippen LogP contribution in [0.15, 0.2) is 24.3 Å². The number of para-hydroxylation sites is 2. The van der Waals surface area contributed by atoms with E-state index in [1.165, 1.54) is 19.1 Å². The average Bonchev–Trinajstić information content (AvgIpc) is 2.52. The van der Waals surface area contributed by atoms with E-state index < -0.39 is 5.91 Å². The van der Waals surface area contributed by atoms with Crippen molar-refractivity contribution in [2.45, 2.75) is 6.92 Å². The third-order valence-corrected chi connectivity index (χ3v) is 3.40. The van der Waals surface area contributed by atoms with Crippen molar-refractivity contribution in [3.8, 4) is 0 Å². The lowest BCUT2D eigenvalue weighted by Gasteiger charge is -2.21. The SMILES string of the molecule is Cc1c(C(=O)N(CCO)CCO)[n+](=O)c2ccccc2n1[O-]. The molecule has 118 valence electrons. The van der Waals surface area contributed by atoms with Gasteiger partial charge >= 0.3 is 11.6 Å². The molecule has 1 aromatic carbocycles.